The standard InChI is InChI=1S/C16H15NO/c1-13-6-2-3-7-14(13)12-18-16-9-11-17-10-5-4-8-15(16)17/h2-11H,12H2,1H3. The normalized spacial score (nSPS) is 10.7. The number of pyridine rings is 1. The van der Waals surface area contributed by atoms with Gasteiger partial charge in [-0.05, 0) is 36.2 Å². The summed E-state index contributed by atoms with van der Waals surface area (Å²) in [6, 6.07) is 16.4. The molecule has 0 radical (unpaired) electrons. The fraction of sp³-hybridized carbons (Fsp3) is 0.125. The predicted molar refractivity (Wildman–Crippen MR) is 72.9 cm³/mol. The lowest BCUT2D eigenvalue weighted by atomic mass is 10.1. The monoisotopic (exact) mass is 237 g/mol. The summed E-state index contributed by atoms with van der Waals surface area (Å²) in [5.41, 5.74) is 3.60. The average Bonchev–Trinajstić information content (AvgIpc) is 2.81. The van der Waals surface area contributed by atoms with Crippen molar-refractivity contribution < 1.29 is 4.74 Å². The zero-order valence-electron chi connectivity index (χ0n) is 10.3. The molecule has 0 atom stereocenters. The Labute approximate surface area is 106 Å². The summed E-state index contributed by atoms with van der Waals surface area (Å²) in [4.78, 5) is 0. The third-order valence-corrected chi connectivity index (χ3v) is 3.17. The molecule has 3 rings (SSSR count). The van der Waals surface area contributed by atoms with Crippen LogP contribution in [0.25, 0.3) is 5.52 Å². The van der Waals surface area contributed by atoms with Crippen molar-refractivity contribution in [2.45, 2.75) is 13.5 Å². The number of ether oxygens (including phenoxy) is 1. The van der Waals surface area contributed by atoms with Crippen molar-refractivity contribution in [3.05, 3.63) is 72.1 Å². The van der Waals surface area contributed by atoms with Gasteiger partial charge in [-0.25, -0.2) is 0 Å². The van der Waals surface area contributed by atoms with E-state index in [0.29, 0.717) is 6.61 Å². The van der Waals surface area contributed by atoms with Gasteiger partial charge in [0, 0.05) is 12.4 Å². The summed E-state index contributed by atoms with van der Waals surface area (Å²) in [5, 5.41) is 0. The second-order valence-electron chi connectivity index (χ2n) is 4.39. The topological polar surface area (TPSA) is 13.6 Å². The SMILES string of the molecule is Cc1ccccc1COc1ccn2ccccc12. The fourth-order valence-electron chi connectivity index (χ4n) is 2.08. The lowest BCUT2D eigenvalue weighted by Crippen LogP contribution is -1.97. The van der Waals surface area contributed by atoms with Gasteiger partial charge in [-0.1, -0.05) is 30.3 Å². The third kappa shape index (κ3) is 1.97. The number of hydrogen-bond donors (Lipinski definition) is 0. The van der Waals surface area contributed by atoms with Crippen LogP contribution in [0.2, 0.25) is 0 Å². The van der Waals surface area contributed by atoms with Gasteiger partial charge in [-0.15, -0.1) is 0 Å². The van der Waals surface area contributed by atoms with Gasteiger partial charge in [0.1, 0.15) is 12.4 Å². The zero-order valence-corrected chi connectivity index (χ0v) is 10.3. The van der Waals surface area contributed by atoms with Crippen LogP contribution in [0.3, 0.4) is 0 Å². The van der Waals surface area contributed by atoms with E-state index in [1.165, 1.54) is 11.1 Å². The average molecular weight is 237 g/mol. The van der Waals surface area contributed by atoms with Crippen LogP contribution in [-0.2, 0) is 6.61 Å². The van der Waals surface area contributed by atoms with Gasteiger partial charge >= 0.3 is 0 Å². The minimum absolute atomic E-state index is 0.612. The molecule has 0 unspecified atom stereocenters. The second kappa shape index (κ2) is 4.57. The highest BCUT2D eigenvalue weighted by molar-refractivity contribution is 5.60. The molecule has 90 valence electrons. The fourth-order valence-corrected chi connectivity index (χ4v) is 2.08. The number of rotatable bonds is 3. The molecule has 0 saturated carbocycles. The van der Waals surface area contributed by atoms with Crippen LogP contribution < -0.4 is 4.74 Å². The van der Waals surface area contributed by atoms with E-state index in [-0.39, 0.29) is 0 Å². The van der Waals surface area contributed by atoms with Crippen molar-refractivity contribution in [2.75, 3.05) is 0 Å². The number of aryl methyl sites for hydroxylation is 1. The van der Waals surface area contributed by atoms with Gasteiger partial charge in [0.15, 0.2) is 0 Å². The minimum Gasteiger partial charge on any atom is -0.487 e. The summed E-state index contributed by atoms with van der Waals surface area (Å²) in [6.45, 7) is 2.72. The second-order valence-corrected chi connectivity index (χ2v) is 4.39. The van der Waals surface area contributed by atoms with Crippen LogP contribution in [0, 0.1) is 6.92 Å². The van der Waals surface area contributed by atoms with Gasteiger partial charge in [-0.2, -0.15) is 0 Å². The molecule has 2 heteroatoms. The van der Waals surface area contributed by atoms with E-state index in [1.807, 2.05) is 42.7 Å². The summed E-state index contributed by atoms with van der Waals surface area (Å²) >= 11 is 0. The Hall–Kier alpha value is -2.22. The van der Waals surface area contributed by atoms with Crippen LogP contribution in [0.1, 0.15) is 11.1 Å². The Kier molecular flexibility index (Phi) is 2.77. The van der Waals surface area contributed by atoms with E-state index in [0.717, 1.165) is 11.3 Å². The smallest absolute Gasteiger partial charge is 0.145 e. The molecule has 0 fully saturated rings. The third-order valence-electron chi connectivity index (χ3n) is 3.17. The number of aromatic nitrogens is 1. The molecule has 0 N–H and O–H groups in total. The largest absolute Gasteiger partial charge is 0.487 e. The maximum absolute atomic E-state index is 5.91. The van der Waals surface area contributed by atoms with Crippen molar-refractivity contribution in [1.29, 1.82) is 0 Å². The van der Waals surface area contributed by atoms with E-state index in [2.05, 4.69) is 29.5 Å². The molecule has 0 saturated heterocycles. The molecule has 2 heterocycles. The Morgan fingerprint density at radius 3 is 2.67 bits per heavy atom. The molecule has 0 spiro atoms. The predicted octanol–water partition coefficient (Wildman–Crippen LogP) is 3.83. The maximum Gasteiger partial charge on any atom is 0.145 e. The number of hydrogen-bond acceptors (Lipinski definition) is 1. The Balaban J connectivity index is 1.83. The Morgan fingerprint density at radius 2 is 1.78 bits per heavy atom. The van der Waals surface area contributed by atoms with E-state index < -0.39 is 0 Å². The molecule has 3 aromatic rings. The lowest BCUT2D eigenvalue weighted by molar-refractivity contribution is 0.309. The molecule has 0 aliphatic rings. The Morgan fingerprint density at radius 1 is 0.944 bits per heavy atom. The van der Waals surface area contributed by atoms with Crippen LogP contribution in [0.15, 0.2) is 60.9 Å². The van der Waals surface area contributed by atoms with E-state index in [1.54, 1.807) is 0 Å². The van der Waals surface area contributed by atoms with Crippen LogP contribution >= 0.6 is 0 Å². The van der Waals surface area contributed by atoms with Crippen LogP contribution in [0.4, 0.5) is 0 Å². The first-order valence-electron chi connectivity index (χ1n) is 6.07. The molecule has 1 aromatic carbocycles. The first kappa shape index (κ1) is 10.9. The van der Waals surface area contributed by atoms with Gasteiger partial charge in [0.2, 0.25) is 0 Å². The zero-order chi connectivity index (χ0) is 12.4. The maximum atomic E-state index is 5.91. The summed E-state index contributed by atoms with van der Waals surface area (Å²) in [5.74, 6) is 0.929. The number of fused-ring (bicyclic) bond motifs is 1. The molecule has 0 amide bonds. The molecule has 2 aromatic heterocycles. The number of nitrogens with zero attached hydrogens (tertiary/aromatic N) is 1. The quantitative estimate of drug-likeness (QED) is 0.675. The summed E-state index contributed by atoms with van der Waals surface area (Å²) < 4.78 is 7.97. The van der Waals surface area contributed by atoms with E-state index >= 15 is 0 Å². The lowest BCUT2D eigenvalue weighted by Gasteiger charge is -2.07. The molecule has 0 aliphatic heterocycles. The minimum atomic E-state index is 0.612. The first-order chi connectivity index (χ1) is 8.84. The molecule has 2 nitrogen and oxygen atoms in total. The molecular formula is C16H15NO. The van der Waals surface area contributed by atoms with Gasteiger partial charge in [-0.3, -0.25) is 0 Å². The Bertz CT molecular complexity index is 669. The molecular weight excluding hydrogens is 222 g/mol. The highest BCUT2D eigenvalue weighted by Gasteiger charge is 2.03. The van der Waals surface area contributed by atoms with E-state index in [4.69, 9.17) is 4.74 Å². The molecule has 0 aliphatic carbocycles. The van der Waals surface area contributed by atoms with Gasteiger partial charge in [0.05, 0.1) is 5.52 Å². The van der Waals surface area contributed by atoms with Crippen LogP contribution in [-0.4, -0.2) is 4.40 Å². The van der Waals surface area contributed by atoms with Crippen molar-refractivity contribution in [3.8, 4) is 5.75 Å². The van der Waals surface area contributed by atoms with Crippen LogP contribution in [0.5, 0.6) is 5.75 Å². The van der Waals surface area contributed by atoms with Crippen molar-refractivity contribution >= 4 is 5.52 Å². The highest BCUT2D eigenvalue weighted by atomic mass is 16.5. The number of benzene rings is 1. The van der Waals surface area contributed by atoms with Gasteiger partial charge in [0.25, 0.3) is 0 Å². The first-order valence-corrected chi connectivity index (χ1v) is 6.07. The van der Waals surface area contributed by atoms with Crippen molar-refractivity contribution in [1.82, 2.24) is 4.40 Å². The molecule has 18 heavy (non-hydrogen) atoms. The highest BCUT2D eigenvalue weighted by Crippen LogP contribution is 2.22. The van der Waals surface area contributed by atoms with Crippen molar-refractivity contribution in [3.63, 3.8) is 0 Å². The van der Waals surface area contributed by atoms with E-state index in [9.17, 15) is 0 Å². The van der Waals surface area contributed by atoms with Gasteiger partial charge < -0.3 is 9.14 Å². The summed E-state index contributed by atoms with van der Waals surface area (Å²) in [6.07, 6.45) is 4.04. The van der Waals surface area contributed by atoms with Crippen molar-refractivity contribution in [2.24, 2.45) is 0 Å². The molecule has 0 bridgehead atoms. The summed E-state index contributed by atoms with van der Waals surface area (Å²) in [7, 11) is 0.